The van der Waals surface area contributed by atoms with Crippen molar-refractivity contribution in [3.05, 3.63) is 18.2 Å². The number of carbonyl (C=O) groups excluding carboxylic acids is 1. The van der Waals surface area contributed by atoms with Crippen molar-refractivity contribution in [1.29, 1.82) is 0 Å². The lowest BCUT2D eigenvalue weighted by molar-refractivity contribution is -0.121. The minimum atomic E-state index is -0.111. The number of anilines is 1. The molecular formula is C14H20N2O3. The van der Waals surface area contributed by atoms with E-state index in [0.717, 1.165) is 30.8 Å². The van der Waals surface area contributed by atoms with Crippen LogP contribution >= 0.6 is 0 Å². The lowest BCUT2D eigenvalue weighted by atomic mass is 10.0. The standard InChI is InChI=1S/C14H20N2O3/c1-15-11-5-4-8-16(14(11)17)12-7-6-10(18-2)9-13(12)19-3/h6-7,9,11,15H,4-5,8H2,1-3H3. The fraction of sp³-hybridized carbons (Fsp3) is 0.500. The third-order valence-electron chi connectivity index (χ3n) is 3.46. The van der Waals surface area contributed by atoms with Gasteiger partial charge in [0.1, 0.15) is 11.5 Å². The van der Waals surface area contributed by atoms with Crippen LogP contribution < -0.4 is 19.7 Å². The number of likely N-dealkylation sites (N-methyl/N-ethyl adjacent to an activating group) is 1. The van der Waals surface area contributed by atoms with E-state index in [1.807, 2.05) is 19.2 Å². The molecule has 1 saturated heterocycles. The number of amides is 1. The van der Waals surface area contributed by atoms with Gasteiger partial charge in [0.25, 0.3) is 0 Å². The summed E-state index contributed by atoms with van der Waals surface area (Å²) in [6.45, 7) is 0.722. The third-order valence-corrected chi connectivity index (χ3v) is 3.46. The number of rotatable bonds is 4. The molecule has 0 saturated carbocycles. The van der Waals surface area contributed by atoms with Crippen LogP contribution in [0.3, 0.4) is 0 Å². The molecule has 1 aliphatic heterocycles. The third kappa shape index (κ3) is 2.66. The topological polar surface area (TPSA) is 50.8 Å². The van der Waals surface area contributed by atoms with Crippen LogP contribution in [-0.4, -0.2) is 39.8 Å². The average molecular weight is 264 g/mol. The van der Waals surface area contributed by atoms with Crippen molar-refractivity contribution >= 4 is 11.6 Å². The average Bonchev–Trinajstić information content (AvgIpc) is 2.47. The summed E-state index contributed by atoms with van der Waals surface area (Å²) in [6.07, 6.45) is 1.86. The molecule has 0 aliphatic carbocycles. The summed E-state index contributed by atoms with van der Waals surface area (Å²) >= 11 is 0. The van der Waals surface area contributed by atoms with Gasteiger partial charge in [-0.2, -0.15) is 0 Å². The van der Waals surface area contributed by atoms with Gasteiger partial charge in [-0.15, -0.1) is 0 Å². The molecule has 1 N–H and O–H groups in total. The Hall–Kier alpha value is -1.75. The highest BCUT2D eigenvalue weighted by atomic mass is 16.5. The molecule has 1 heterocycles. The van der Waals surface area contributed by atoms with Crippen LogP contribution in [0.15, 0.2) is 18.2 Å². The first kappa shape index (κ1) is 13.7. The zero-order valence-electron chi connectivity index (χ0n) is 11.6. The summed E-state index contributed by atoms with van der Waals surface area (Å²) in [7, 11) is 5.02. The van der Waals surface area contributed by atoms with E-state index in [1.165, 1.54) is 0 Å². The summed E-state index contributed by atoms with van der Waals surface area (Å²) in [6, 6.07) is 5.40. The Morgan fingerprint density at radius 2 is 2.11 bits per heavy atom. The number of piperidine rings is 1. The first-order valence-corrected chi connectivity index (χ1v) is 6.42. The van der Waals surface area contributed by atoms with E-state index < -0.39 is 0 Å². The Labute approximate surface area is 113 Å². The number of ether oxygens (including phenoxy) is 2. The first-order valence-electron chi connectivity index (χ1n) is 6.42. The van der Waals surface area contributed by atoms with Gasteiger partial charge in [-0.1, -0.05) is 0 Å². The normalized spacial score (nSPS) is 19.4. The lowest BCUT2D eigenvalue weighted by Crippen LogP contribution is -2.49. The molecule has 0 aromatic heterocycles. The van der Waals surface area contributed by atoms with Crippen molar-refractivity contribution in [1.82, 2.24) is 5.32 Å². The maximum Gasteiger partial charge on any atom is 0.244 e. The fourth-order valence-corrected chi connectivity index (χ4v) is 2.39. The highest BCUT2D eigenvalue weighted by Crippen LogP contribution is 2.34. The summed E-state index contributed by atoms with van der Waals surface area (Å²) in [5.74, 6) is 1.47. The van der Waals surface area contributed by atoms with Gasteiger partial charge in [-0.05, 0) is 32.0 Å². The summed E-state index contributed by atoms with van der Waals surface area (Å²) in [4.78, 5) is 14.1. The van der Waals surface area contributed by atoms with Crippen molar-refractivity contribution in [2.24, 2.45) is 0 Å². The van der Waals surface area contributed by atoms with Crippen LogP contribution in [0, 0.1) is 0 Å². The zero-order valence-corrected chi connectivity index (χ0v) is 11.6. The van der Waals surface area contributed by atoms with E-state index in [-0.39, 0.29) is 11.9 Å². The summed E-state index contributed by atoms with van der Waals surface area (Å²) in [5, 5.41) is 3.06. The maximum atomic E-state index is 12.4. The smallest absolute Gasteiger partial charge is 0.244 e. The summed E-state index contributed by atoms with van der Waals surface area (Å²) < 4.78 is 10.5. The van der Waals surface area contributed by atoms with Gasteiger partial charge in [0.15, 0.2) is 0 Å². The lowest BCUT2D eigenvalue weighted by Gasteiger charge is -2.33. The van der Waals surface area contributed by atoms with Crippen molar-refractivity contribution < 1.29 is 14.3 Å². The van der Waals surface area contributed by atoms with Gasteiger partial charge >= 0.3 is 0 Å². The highest BCUT2D eigenvalue weighted by Gasteiger charge is 2.30. The number of methoxy groups -OCH3 is 2. The van der Waals surface area contributed by atoms with Crippen LogP contribution in [0.1, 0.15) is 12.8 Å². The molecule has 1 fully saturated rings. The number of carbonyl (C=O) groups is 1. The number of hydrogen-bond donors (Lipinski definition) is 1. The van der Waals surface area contributed by atoms with Crippen molar-refractivity contribution in [3.8, 4) is 11.5 Å². The molecule has 5 nitrogen and oxygen atoms in total. The molecule has 1 atom stereocenters. The molecule has 104 valence electrons. The van der Waals surface area contributed by atoms with Gasteiger partial charge in [0.05, 0.1) is 25.9 Å². The highest BCUT2D eigenvalue weighted by molar-refractivity contribution is 5.99. The van der Waals surface area contributed by atoms with E-state index in [1.54, 1.807) is 25.2 Å². The Morgan fingerprint density at radius 1 is 1.32 bits per heavy atom. The van der Waals surface area contributed by atoms with Crippen LogP contribution in [0.4, 0.5) is 5.69 Å². The minimum Gasteiger partial charge on any atom is -0.497 e. The molecule has 19 heavy (non-hydrogen) atoms. The molecule has 0 bridgehead atoms. The molecule has 0 radical (unpaired) electrons. The second kappa shape index (κ2) is 5.93. The van der Waals surface area contributed by atoms with Gasteiger partial charge in [0.2, 0.25) is 5.91 Å². The van der Waals surface area contributed by atoms with E-state index in [9.17, 15) is 4.79 Å². The molecule has 1 unspecified atom stereocenters. The number of nitrogens with one attached hydrogen (secondary N) is 1. The largest absolute Gasteiger partial charge is 0.497 e. The fourth-order valence-electron chi connectivity index (χ4n) is 2.39. The zero-order chi connectivity index (χ0) is 13.8. The van der Waals surface area contributed by atoms with Gasteiger partial charge in [0, 0.05) is 12.6 Å². The molecule has 5 heteroatoms. The van der Waals surface area contributed by atoms with Crippen LogP contribution in [0.2, 0.25) is 0 Å². The Balaban J connectivity index is 2.32. The van der Waals surface area contributed by atoms with E-state index >= 15 is 0 Å². The van der Waals surface area contributed by atoms with Crippen molar-refractivity contribution in [2.45, 2.75) is 18.9 Å². The van der Waals surface area contributed by atoms with Gasteiger partial charge in [-0.25, -0.2) is 0 Å². The monoisotopic (exact) mass is 264 g/mol. The summed E-state index contributed by atoms with van der Waals surface area (Å²) in [5.41, 5.74) is 0.799. The van der Waals surface area contributed by atoms with Crippen LogP contribution in [0.5, 0.6) is 11.5 Å². The molecule has 2 rings (SSSR count). The minimum absolute atomic E-state index is 0.0946. The Bertz CT molecular complexity index is 462. The van der Waals surface area contributed by atoms with Crippen LogP contribution in [-0.2, 0) is 4.79 Å². The van der Waals surface area contributed by atoms with Crippen molar-refractivity contribution in [3.63, 3.8) is 0 Å². The number of nitrogens with zero attached hydrogens (tertiary/aromatic N) is 1. The van der Waals surface area contributed by atoms with E-state index in [4.69, 9.17) is 9.47 Å². The Kier molecular flexibility index (Phi) is 4.27. The molecule has 1 aliphatic rings. The van der Waals surface area contributed by atoms with Gasteiger partial charge in [-0.3, -0.25) is 4.79 Å². The molecular weight excluding hydrogens is 244 g/mol. The number of benzene rings is 1. The van der Waals surface area contributed by atoms with Gasteiger partial charge < -0.3 is 19.7 Å². The molecule has 1 aromatic rings. The van der Waals surface area contributed by atoms with Crippen molar-refractivity contribution in [2.75, 3.05) is 32.7 Å². The Morgan fingerprint density at radius 3 is 2.74 bits per heavy atom. The second-order valence-electron chi connectivity index (χ2n) is 4.51. The predicted octanol–water partition coefficient (Wildman–Crippen LogP) is 1.42. The van der Waals surface area contributed by atoms with E-state index in [2.05, 4.69) is 5.32 Å². The molecule has 0 spiro atoms. The first-order chi connectivity index (χ1) is 9.21. The predicted molar refractivity (Wildman–Crippen MR) is 74.0 cm³/mol. The quantitative estimate of drug-likeness (QED) is 0.893. The molecule has 1 aromatic carbocycles. The molecule has 1 amide bonds. The maximum absolute atomic E-state index is 12.4. The van der Waals surface area contributed by atoms with Crippen LogP contribution in [0.25, 0.3) is 0 Å². The number of hydrogen-bond acceptors (Lipinski definition) is 4. The SMILES string of the molecule is CNC1CCCN(c2ccc(OC)cc2OC)C1=O. The van der Waals surface area contributed by atoms with E-state index in [0.29, 0.717) is 5.75 Å². The second-order valence-corrected chi connectivity index (χ2v) is 4.51.